The number of anilines is 1. The number of amides is 1. The van der Waals surface area contributed by atoms with Gasteiger partial charge >= 0.3 is 6.18 Å². The van der Waals surface area contributed by atoms with E-state index < -0.39 is 29.0 Å². The molecule has 0 atom stereocenters. The second-order valence-electron chi connectivity index (χ2n) is 7.93. The van der Waals surface area contributed by atoms with Gasteiger partial charge in [-0.2, -0.15) is 13.2 Å². The molecule has 10 heteroatoms. The third-order valence-electron chi connectivity index (χ3n) is 5.65. The van der Waals surface area contributed by atoms with Gasteiger partial charge in [0.25, 0.3) is 11.7 Å². The van der Waals surface area contributed by atoms with Crippen molar-refractivity contribution in [1.29, 1.82) is 0 Å². The smallest absolute Gasteiger partial charge is 0.416 e. The molecule has 0 bridgehead atoms. The van der Waals surface area contributed by atoms with Crippen molar-refractivity contribution < 1.29 is 32.2 Å². The summed E-state index contributed by atoms with van der Waals surface area (Å²) in [6.45, 7) is 4.28. The van der Waals surface area contributed by atoms with Gasteiger partial charge in [-0.1, -0.05) is 35.9 Å². The summed E-state index contributed by atoms with van der Waals surface area (Å²) in [5, 5.41) is 3.59. The number of nitrogens with zero attached hydrogens (tertiary/aromatic N) is 1. The van der Waals surface area contributed by atoms with E-state index in [0.29, 0.717) is 42.7 Å². The lowest BCUT2D eigenvalue weighted by molar-refractivity contribution is -0.137. The SMILES string of the molecule is O=C(Nc1ccc(OCCN2CCOCC2)c2ccccc12)C(=O)c1cc(C(F)(F)F)ccc1Cl. The lowest BCUT2D eigenvalue weighted by atomic mass is 10.0. The Labute approximate surface area is 204 Å². The van der Waals surface area contributed by atoms with E-state index in [1.807, 2.05) is 12.1 Å². The van der Waals surface area contributed by atoms with E-state index in [-0.39, 0.29) is 5.02 Å². The van der Waals surface area contributed by atoms with Crippen LogP contribution in [0.2, 0.25) is 5.02 Å². The normalized spacial score (nSPS) is 14.6. The van der Waals surface area contributed by atoms with Crippen LogP contribution < -0.4 is 10.1 Å². The molecule has 3 aromatic rings. The molecule has 0 aromatic heterocycles. The van der Waals surface area contributed by atoms with E-state index >= 15 is 0 Å². The third-order valence-corrected chi connectivity index (χ3v) is 5.98. The Balaban J connectivity index is 1.51. The zero-order valence-electron chi connectivity index (χ0n) is 18.5. The molecule has 1 heterocycles. The van der Waals surface area contributed by atoms with Crippen LogP contribution in [0.25, 0.3) is 10.8 Å². The molecule has 1 saturated heterocycles. The largest absolute Gasteiger partial charge is 0.492 e. The highest BCUT2D eigenvalue weighted by molar-refractivity contribution is 6.50. The predicted molar refractivity (Wildman–Crippen MR) is 126 cm³/mol. The number of halogens is 4. The summed E-state index contributed by atoms with van der Waals surface area (Å²) < 4.78 is 50.4. The fourth-order valence-corrected chi connectivity index (χ4v) is 4.00. The lowest BCUT2D eigenvalue weighted by Gasteiger charge is -2.26. The third kappa shape index (κ3) is 5.93. The maximum atomic E-state index is 13.0. The summed E-state index contributed by atoms with van der Waals surface area (Å²) in [5.74, 6) is -1.66. The molecular formula is C25H22ClF3N2O4. The van der Waals surface area contributed by atoms with Crippen molar-refractivity contribution in [2.24, 2.45) is 0 Å². The number of alkyl halides is 3. The maximum absolute atomic E-state index is 13.0. The molecule has 1 aliphatic rings. The van der Waals surface area contributed by atoms with Gasteiger partial charge in [-0.3, -0.25) is 14.5 Å². The fraction of sp³-hybridized carbons (Fsp3) is 0.280. The van der Waals surface area contributed by atoms with Crippen LogP contribution in [0, 0.1) is 0 Å². The van der Waals surface area contributed by atoms with Gasteiger partial charge in [0.1, 0.15) is 12.4 Å². The Morgan fingerprint density at radius 2 is 1.74 bits per heavy atom. The summed E-state index contributed by atoms with van der Waals surface area (Å²) in [6.07, 6.45) is -4.68. The number of carbonyl (C=O) groups excluding carboxylic acids is 2. The van der Waals surface area contributed by atoms with Crippen LogP contribution in [0.5, 0.6) is 5.75 Å². The van der Waals surface area contributed by atoms with E-state index in [1.165, 1.54) is 0 Å². The van der Waals surface area contributed by atoms with Gasteiger partial charge in [-0.15, -0.1) is 0 Å². The van der Waals surface area contributed by atoms with Crippen LogP contribution in [-0.4, -0.2) is 56.0 Å². The molecule has 0 radical (unpaired) electrons. The topological polar surface area (TPSA) is 67.9 Å². The number of ketones is 1. The zero-order chi connectivity index (χ0) is 25.0. The van der Waals surface area contributed by atoms with Gasteiger partial charge in [0.05, 0.1) is 23.8 Å². The first kappa shape index (κ1) is 25.0. The van der Waals surface area contributed by atoms with Crippen molar-refractivity contribution in [3.05, 3.63) is 70.7 Å². The summed E-state index contributed by atoms with van der Waals surface area (Å²) in [6, 6.07) is 12.7. The molecule has 1 amide bonds. The summed E-state index contributed by atoms with van der Waals surface area (Å²) in [4.78, 5) is 27.5. The average Bonchev–Trinajstić information content (AvgIpc) is 2.85. The van der Waals surface area contributed by atoms with Crippen LogP contribution >= 0.6 is 11.6 Å². The standard InChI is InChI=1S/C25H22ClF3N2O4/c26-20-6-5-16(25(27,28)29)15-19(20)23(32)24(33)30-21-7-8-22(18-4-2-1-3-17(18)21)35-14-11-31-9-12-34-13-10-31/h1-8,15H,9-14H2,(H,30,33). The highest BCUT2D eigenvalue weighted by Gasteiger charge is 2.32. The quantitative estimate of drug-likeness (QED) is 0.359. The molecular weight excluding hydrogens is 485 g/mol. The highest BCUT2D eigenvalue weighted by atomic mass is 35.5. The van der Waals surface area contributed by atoms with Gasteiger partial charge in [0, 0.05) is 41.7 Å². The van der Waals surface area contributed by atoms with Gasteiger partial charge in [-0.05, 0) is 30.3 Å². The first-order valence-electron chi connectivity index (χ1n) is 10.9. The molecule has 35 heavy (non-hydrogen) atoms. The molecule has 0 aliphatic carbocycles. The summed E-state index contributed by atoms with van der Waals surface area (Å²) in [7, 11) is 0. The monoisotopic (exact) mass is 506 g/mol. The van der Waals surface area contributed by atoms with E-state index in [2.05, 4.69) is 10.2 Å². The van der Waals surface area contributed by atoms with Crippen LogP contribution in [-0.2, 0) is 15.7 Å². The maximum Gasteiger partial charge on any atom is 0.416 e. The molecule has 0 unspecified atom stereocenters. The molecule has 1 N–H and O–H groups in total. The average molecular weight is 507 g/mol. The molecule has 4 rings (SSSR count). The second-order valence-corrected chi connectivity index (χ2v) is 8.34. The first-order chi connectivity index (χ1) is 16.7. The van der Waals surface area contributed by atoms with Crippen molar-refractivity contribution in [3.8, 4) is 5.75 Å². The van der Waals surface area contributed by atoms with Gasteiger partial charge < -0.3 is 14.8 Å². The minimum Gasteiger partial charge on any atom is -0.492 e. The Bertz CT molecular complexity index is 1240. The Morgan fingerprint density at radius 3 is 2.46 bits per heavy atom. The molecule has 0 saturated carbocycles. The number of fused-ring (bicyclic) bond motifs is 1. The van der Waals surface area contributed by atoms with Crippen LogP contribution in [0.1, 0.15) is 15.9 Å². The Kier molecular flexibility index (Phi) is 7.59. The molecule has 1 aliphatic heterocycles. The van der Waals surface area contributed by atoms with Gasteiger partial charge in [0.2, 0.25) is 0 Å². The number of morpholine rings is 1. The molecule has 6 nitrogen and oxygen atoms in total. The Morgan fingerprint density at radius 1 is 1.03 bits per heavy atom. The van der Waals surface area contributed by atoms with Crippen molar-refractivity contribution in [3.63, 3.8) is 0 Å². The Hall–Kier alpha value is -3.14. The fourth-order valence-electron chi connectivity index (χ4n) is 3.79. The number of Topliss-reactive ketones (excluding diaryl/α,β-unsaturated/α-hetero) is 1. The number of hydrogen-bond donors (Lipinski definition) is 1. The second kappa shape index (κ2) is 10.6. The van der Waals surface area contributed by atoms with Crippen molar-refractivity contribution in [1.82, 2.24) is 4.90 Å². The number of carbonyl (C=O) groups is 2. The van der Waals surface area contributed by atoms with Crippen LogP contribution in [0.4, 0.5) is 18.9 Å². The summed E-state index contributed by atoms with van der Waals surface area (Å²) >= 11 is 5.91. The number of benzene rings is 3. The van der Waals surface area contributed by atoms with Crippen molar-refractivity contribution in [2.75, 3.05) is 44.8 Å². The minimum atomic E-state index is -4.68. The first-order valence-corrected chi connectivity index (χ1v) is 11.3. The van der Waals surface area contributed by atoms with Crippen molar-refractivity contribution >= 4 is 39.8 Å². The zero-order valence-corrected chi connectivity index (χ0v) is 19.3. The lowest BCUT2D eigenvalue weighted by Crippen LogP contribution is -2.38. The van der Waals surface area contributed by atoms with E-state index in [0.717, 1.165) is 37.2 Å². The molecule has 3 aromatic carbocycles. The number of rotatable bonds is 7. The van der Waals surface area contributed by atoms with Gasteiger partial charge in [-0.25, -0.2) is 0 Å². The molecule has 1 fully saturated rings. The predicted octanol–water partition coefficient (Wildman–Crippen LogP) is 5.04. The van der Waals surface area contributed by atoms with Gasteiger partial charge in [0.15, 0.2) is 0 Å². The minimum absolute atomic E-state index is 0.243. The number of ether oxygens (including phenoxy) is 2. The van der Waals surface area contributed by atoms with Crippen molar-refractivity contribution in [2.45, 2.75) is 6.18 Å². The highest BCUT2D eigenvalue weighted by Crippen LogP contribution is 2.33. The molecule has 0 spiro atoms. The van der Waals surface area contributed by atoms with Crippen LogP contribution in [0.3, 0.4) is 0 Å². The summed E-state index contributed by atoms with van der Waals surface area (Å²) in [5.41, 5.74) is -1.27. The van der Waals surface area contributed by atoms with E-state index in [1.54, 1.807) is 24.3 Å². The van der Waals surface area contributed by atoms with E-state index in [9.17, 15) is 22.8 Å². The number of hydrogen-bond acceptors (Lipinski definition) is 5. The molecule has 184 valence electrons. The van der Waals surface area contributed by atoms with E-state index in [4.69, 9.17) is 21.1 Å². The number of nitrogens with one attached hydrogen (secondary N) is 1. The van der Waals surface area contributed by atoms with Crippen LogP contribution in [0.15, 0.2) is 54.6 Å².